The average Bonchev–Trinajstić information content (AvgIpc) is 3.83. The van der Waals surface area contributed by atoms with Gasteiger partial charge in [-0.3, -0.25) is 0 Å². The van der Waals surface area contributed by atoms with Gasteiger partial charge in [0.25, 0.3) is 0 Å². The first kappa shape index (κ1) is 39.4. The van der Waals surface area contributed by atoms with Crippen molar-refractivity contribution in [2.24, 2.45) is 23.7 Å². The van der Waals surface area contributed by atoms with E-state index in [-0.39, 0.29) is 31.9 Å². The Kier molecular flexibility index (Phi) is 9.62. The van der Waals surface area contributed by atoms with Crippen LogP contribution < -0.4 is 9.80 Å². The van der Waals surface area contributed by atoms with Crippen LogP contribution in [0.3, 0.4) is 0 Å². The first-order chi connectivity index (χ1) is 29.8. The van der Waals surface area contributed by atoms with Crippen LogP contribution in [0.15, 0.2) is 152 Å². The van der Waals surface area contributed by atoms with E-state index in [9.17, 15) is 0 Å². The average molecular weight is 987 g/mol. The minimum atomic E-state index is -0.0535. The SMILES string of the molecule is CC(C)(C)c1cc(Cc2[c-]c3c(cc2)c2ccccc2n3-c2cc(C3(c4ccccc4)C4CC5CC(C4)CC3C5)ccn2)[c-]c(N2[CH-]N(c3ccccc3)c3ccccc32)c1.[Pt]. The molecule has 2 aromatic heterocycles. The molecular formula is C57H51N4Pt-3. The van der Waals surface area contributed by atoms with Gasteiger partial charge >= 0.3 is 0 Å². The van der Waals surface area contributed by atoms with E-state index in [0.717, 1.165) is 57.0 Å². The van der Waals surface area contributed by atoms with Gasteiger partial charge in [-0.2, -0.15) is 47.0 Å². The topological polar surface area (TPSA) is 24.3 Å². The number of pyridine rings is 1. The predicted molar refractivity (Wildman–Crippen MR) is 250 cm³/mol. The molecule has 0 amide bonds. The van der Waals surface area contributed by atoms with E-state index < -0.39 is 0 Å². The van der Waals surface area contributed by atoms with Crippen LogP contribution in [0, 0.1) is 42.5 Å². The van der Waals surface area contributed by atoms with Gasteiger partial charge < -0.3 is 14.4 Å². The van der Waals surface area contributed by atoms with Gasteiger partial charge in [0.1, 0.15) is 5.82 Å². The molecule has 8 aromatic rings. The second-order valence-electron chi connectivity index (χ2n) is 19.4. The number of hydrogen-bond donors (Lipinski definition) is 0. The molecule has 13 rings (SSSR count). The van der Waals surface area contributed by atoms with Crippen LogP contribution in [-0.4, -0.2) is 9.55 Å². The molecule has 1 aliphatic heterocycles. The minimum absolute atomic E-state index is 0. The molecule has 4 aliphatic carbocycles. The van der Waals surface area contributed by atoms with Gasteiger partial charge in [0.2, 0.25) is 0 Å². The van der Waals surface area contributed by atoms with Crippen LogP contribution in [0.25, 0.3) is 27.6 Å². The van der Waals surface area contributed by atoms with Crippen LogP contribution in [-0.2, 0) is 38.3 Å². The molecule has 0 atom stereocenters. The molecule has 0 spiro atoms. The van der Waals surface area contributed by atoms with Gasteiger partial charge in [0, 0.05) is 55.3 Å². The zero-order chi connectivity index (χ0) is 40.9. The van der Waals surface area contributed by atoms with Gasteiger partial charge in [0.05, 0.1) is 0 Å². The number of hydrogen-bond acceptors (Lipinski definition) is 3. The Morgan fingerprint density at radius 2 is 1.29 bits per heavy atom. The summed E-state index contributed by atoms with van der Waals surface area (Å²) in [7, 11) is 0. The van der Waals surface area contributed by atoms with Crippen molar-refractivity contribution in [3.63, 3.8) is 0 Å². The summed E-state index contributed by atoms with van der Waals surface area (Å²) in [5, 5.41) is 2.44. The quantitative estimate of drug-likeness (QED) is 0.149. The van der Waals surface area contributed by atoms with Gasteiger partial charge in [-0.25, -0.2) is 4.98 Å². The zero-order valence-corrected chi connectivity index (χ0v) is 37.9. The van der Waals surface area contributed by atoms with E-state index in [1.54, 1.807) is 0 Å². The standard InChI is InChI=1S/C57H51N4.Pt/c1-56(2,3)44-28-41(33-48(35-44)60-37-59(47-16-8-5-9-17-47)52-20-12-13-21-53(52)60)26-38-22-23-50-49-18-10-11-19-51(49)61(54(50)34-38)55-36-43(24-25-58-55)57(42-14-6-4-7-15-42)45-29-39-27-40(31-45)32-46(57)30-39;/h4-25,28,35-37,39-40,45-46H,26-27,29-32H2,1-3H3;/q-3;. The molecule has 0 unspecified atom stereocenters. The fourth-order valence-electron chi connectivity index (χ4n) is 12.4. The third-order valence-electron chi connectivity index (χ3n) is 14.9. The third kappa shape index (κ3) is 6.30. The van der Waals surface area contributed by atoms with Crippen LogP contribution in [0.2, 0.25) is 0 Å². The summed E-state index contributed by atoms with van der Waals surface area (Å²) < 4.78 is 2.39. The molecule has 0 radical (unpaired) electrons. The molecule has 6 aromatic carbocycles. The summed E-state index contributed by atoms with van der Waals surface area (Å²) in [5.74, 6) is 4.08. The largest absolute Gasteiger partial charge is 0.493 e. The Bertz CT molecular complexity index is 2920. The predicted octanol–water partition coefficient (Wildman–Crippen LogP) is 13.8. The van der Waals surface area contributed by atoms with E-state index in [1.807, 2.05) is 0 Å². The first-order valence-corrected chi connectivity index (χ1v) is 22.4. The van der Waals surface area contributed by atoms with Crippen LogP contribution in [0.4, 0.5) is 22.7 Å². The van der Waals surface area contributed by atoms with Crippen molar-refractivity contribution in [2.45, 2.75) is 70.1 Å². The number of anilines is 4. The monoisotopic (exact) mass is 986 g/mol. The van der Waals surface area contributed by atoms with E-state index in [4.69, 9.17) is 4.98 Å². The van der Waals surface area contributed by atoms with E-state index in [0.29, 0.717) is 18.3 Å². The van der Waals surface area contributed by atoms with Gasteiger partial charge in [-0.1, -0.05) is 105 Å². The number of rotatable bonds is 7. The number of fused-ring (bicyclic) bond motifs is 4. The van der Waals surface area contributed by atoms with E-state index >= 15 is 0 Å². The van der Waals surface area contributed by atoms with Crippen molar-refractivity contribution >= 4 is 44.6 Å². The van der Waals surface area contributed by atoms with Crippen LogP contribution in [0.1, 0.15) is 80.7 Å². The molecule has 62 heavy (non-hydrogen) atoms. The molecule has 0 N–H and O–H groups in total. The molecule has 4 nitrogen and oxygen atoms in total. The fraction of sp³-hybridized carbons (Fsp3) is 0.263. The maximum absolute atomic E-state index is 5.20. The molecule has 4 bridgehead atoms. The molecule has 4 saturated carbocycles. The Labute approximate surface area is 380 Å². The fourth-order valence-corrected chi connectivity index (χ4v) is 12.4. The number of aromatic nitrogens is 2. The van der Waals surface area contributed by atoms with Crippen molar-refractivity contribution < 1.29 is 21.1 Å². The van der Waals surface area contributed by atoms with Crippen molar-refractivity contribution in [2.75, 3.05) is 9.80 Å². The van der Waals surface area contributed by atoms with E-state index in [1.165, 1.54) is 65.1 Å². The number of para-hydroxylation sites is 4. The second kappa shape index (κ2) is 15.1. The maximum atomic E-state index is 5.20. The molecule has 312 valence electrons. The van der Waals surface area contributed by atoms with Gasteiger partial charge in [-0.05, 0) is 127 Å². The van der Waals surface area contributed by atoms with Gasteiger partial charge in [-0.15, -0.1) is 23.8 Å². The normalized spacial score (nSPS) is 22.6. The molecular weight excluding hydrogens is 936 g/mol. The summed E-state index contributed by atoms with van der Waals surface area (Å²) in [6.07, 6.45) is 9.61. The second-order valence-corrected chi connectivity index (χ2v) is 19.4. The molecule has 5 aliphatic rings. The molecule has 3 heterocycles. The summed E-state index contributed by atoms with van der Waals surface area (Å²) in [6.45, 7) is 9.12. The minimum Gasteiger partial charge on any atom is -0.493 e. The Morgan fingerprint density at radius 3 is 2.02 bits per heavy atom. The summed E-state index contributed by atoms with van der Waals surface area (Å²) in [5.41, 5.74) is 13.2. The Morgan fingerprint density at radius 1 is 0.629 bits per heavy atom. The van der Waals surface area contributed by atoms with Gasteiger partial charge in [0.15, 0.2) is 0 Å². The third-order valence-corrected chi connectivity index (χ3v) is 14.9. The Balaban J connectivity index is 0.00000432. The van der Waals surface area contributed by atoms with Crippen LogP contribution in [0.5, 0.6) is 0 Å². The van der Waals surface area contributed by atoms with Crippen molar-refractivity contribution in [3.05, 3.63) is 198 Å². The Hall–Kier alpha value is -5.44. The van der Waals surface area contributed by atoms with Crippen molar-refractivity contribution in [1.29, 1.82) is 0 Å². The molecule has 0 saturated heterocycles. The summed E-state index contributed by atoms with van der Waals surface area (Å²) in [4.78, 5) is 9.78. The zero-order valence-electron chi connectivity index (χ0n) is 35.7. The van der Waals surface area contributed by atoms with Crippen molar-refractivity contribution in [1.82, 2.24) is 9.55 Å². The summed E-state index contributed by atoms with van der Waals surface area (Å²) in [6, 6.07) is 61.6. The first-order valence-electron chi connectivity index (χ1n) is 22.4. The smallest absolute Gasteiger partial charge is 0.135 e. The van der Waals surface area contributed by atoms with Crippen LogP contribution >= 0.6 is 0 Å². The maximum Gasteiger partial charge on any atom is 0.135 e. The number of benzene rings is 6. The van der Waals surface area contributed by atoms with Crippen molar-refractivity contribution in [3.8, 4) is 5.82 Å². The number of nitrogens with zero attached hydrogens (tertiary/aromatic N) is 4. The summed E-state index contributed by atoms with van der Waals surface area (Å²) >= 11 is 0. The molecule has 5 heteroatoms. The van der Waals surface area contributed by atoms with E-state index in [2.05, 4.69) is 206 Å². The molecule has 4 fully saturated rings.